The Balaban J connectivity index is 3.30. The Morgan fingerprint density at radius 3 is 2.00 bits per heavy atom. The molecule has 0 radical (unpaired) electrons. The van der Waals surface area contributed by atoms with E-state index in [4.69, 9.17) is 11.5 Å². The van der Waals surface area contributed by atoms with Gasteiger partial charge in [0, 0.05) is 0 Å². The van der Waals surface area contributed by atoms with Gasteiger partial charge in [-0.2, -0.15) is 0 Å². The fraction of sp³-hybridized carbons (Fsp3) is 0. The highest BCUT2D eigenvalue weighted by molar-refractivity contribution is 5.68. The summed E-state index contributed by atoms with van der Waals surface area (Å²) in [5.74, 6) is 0.505. The van der Waals surface area contributed by atoms with Gasteiger partial charge >= 0.3 is 0 Å². The van der Waals surface area contributed by atoms with Gasteiger partial charge in [0.15, 0.2) is 11.6 Å². The zero-order chi connectivity index (χ0) is 7.56. The van der Waals surface area contributed by atoms with Crippen molar-refractivity contribution in [3.8, 4) is 0 Å². The summed E-state index contributed by atoms with van der Waals surface area (Å²) < 4.78 is 0. The summed E-state index contributed by atoms with van der Waals surface area (Å²) in [4.78, 5) is 0. The summed E-state index contributed by atoms with van der Waals surface area (Å²) >= 11 is 0. The third-order valence-corrected chi connectivity index (χ3v) is 1.06. The second-order valence-electron chi connectivity index (χ2n) is 1.68. The van der Waals surface area contributed by atoms with Gasteiger partial charge < -0.3 is 11.5 Å². The van der Waals surface area contributed by atoms with E-state index in [1.54, 1.807) is 0 Å². The molecule has 10 heavy (non-hydrogen) atoms. The molecule has 1 aromatic heterocycles. The molecule has 1 rings (SSSR count). The van der Waals surface area contributed by atoms with Crippen molar-refractivity contribution >= 4 is 17.7 Å². The van der Waals surface area contributed by atoms with E-state index in [-0.39, 0.29) is 11.6 Å². The van der Waals surface area contributed by atoms with Crippen LogP contribution in [-0.4, -0.2) is 15.4 Å². The van der Waals surface area contributed by atoms with Gasteiger partial charge in [0.2, 0.25) is 0 Å². The average molecular weight is 137 g/mol. The molecule has 0 spiro atoms. The van der Waals surface area contributed by atoms with Gasteiger partial charge in [0.05, 0.1) is 5.56 Å². The number of anilines is 2. The Morgan fingerprint density at radius 2 is 1.70 bits per heavy atom. The van der Waals surface area contributed by atoms with Crippen LogP contribution in [0.15, 0.2) is 6.58 Å². The first-order valence-electron chi connectivity index (χ1n) is 2.62. The maximum Gasteiger partial charge on any atom is 0.158 e. The van der Waals surface area contributed by atoms with Crippen LogP contribution in [0.4, 0.5) is 11.6 Å². The van der Waals surface area contributed by atoms with Crippen molar-refractivity contribution in [2.24, 2.45) is 0 Å². The lowest BCUT2D eigenvalue weighted by molar-refractivity contribution is 0.879. The highest BCUT2D eigenvalue weighted by Crippen LogP contribution is 2.12. The van der Waals surface area contributed by atoms with E-state index in [9.17, 15) is 0 Å². The molecule has 0 aliphatic heterocycles. The molecule has 0 unspecified atom stereocenters. The fourth-order valence-corrected chi connectivity index (χ4v) is 0.567. The topological polar surface area (TPSA) is 90.7 Å². The van der Waals surface area contributed by atoms with Crippen molar-refractivity contribution in [3.05, 3.63) is 12.1 Å². The normalized spacial score (nSPS) is 9.20. The Bertz CT molecular complexity index is 236. The van der Waals surface area contributed by atoms with Crippen LogP contribution < -0.4 is 11.5 Å². The van der Waals surface area contributed by atoms with E-state index >= 15 is 0 Å². The van der Waals surface area contributed by atoms with E-state index < -0.39 is 0 Å². The van der Waals surface area contributed by atoms with E-state index in [2.05, 4.69) is 22.0 Å². The van der Waals surface area contributed by atoms with Crippen molar-refractivity contribution in [3.63, 3.8) is 0 Å². The zero-order valence-corrected chi connectivity index (χ0v) is 5.28. The van der Waals surface area contributed by atoms with Crippen LogP contribution in [0.2, 0.25) is 0 Å². The summed E-state index contributed by atoms with van der Waals surface area (Å²) in [6, 6.07) is 0. The van der Waals surface area contributed by atoms with Crippen molar-refractivity contribution in [1.29, 1.82) is 0 Å². The van der Waals surface area contributed by atoms with Gasteiger partial charge in [-0.05, 0) is 5.21 Å². The highest BCUT2D eigenvalue weighted by Gasteiger charge is 2.00. The molecule has 4 N–H and O–H groups in total. The molecular formula is C5H7N5. The summed E-state index contributed by atoms with van der Waals surface area (Å²) in [6.45, 7) is 3.48. The molecule has 0 bridgehead atoms. The molecule has 0 aliphatic rings. The smallest absolute Gasteiger partial charge is 0.158 e. The van der Waals surface area contributed by atoms with Crippen LogP contribution in [0, 0.1) is 0 Å². The van der Waals surface area contributed by atoms with E-state index in [1.165, 1.54) is 6.08 Å². The second kappa shape index (κ2) is 2.30. The third-order valence-electron chi connectivity index (χ3n) is 1.06. The molecule has 0 saturated carbocycles. The van der Waals surface area contributed by atoms with Crippen molar-refractivity contribution in [2.45, 2.75) is 0 Å². The van der Waals surface area contributed by atoms with Gasteiger partial charge in [-0.1, -0.05) is 12.7 Å². The summed E-state index contributed by atoms with van der Waals surface area (Å²) in [6.07, 6.45) is 1.49. The Kier molecular flexibility index (Phi) is 1.49. The Morgan fingerprint density at radius 1 is 1.20 bits per heavy atom. The Hall–Kier alpha value is -1.65. The maximum atomic E-state index is 5.37. The number of nitrogens with zero attached hydrogens (tertiary/aromatic N) is 3. The van der Waals surface area contributed by atoms with Crippen LogP contribution in [0.3, 0.4) is 0 Å². The van der Waals surface area contributed by atoms with Crippen LogP contribution in [0.5, 0.6) is 0 Å². The number of aromatic nitrogens is 3. The lowest BCUT2D eigenvalue weighted by Gasteiger charge is -1.97. The van der Waals surface area contributed by atoms with Crippen LogP contribution in [0.25, 0.3) is 6.08 Å². The molecule has 1 heterocycles. The van der Waals surface area contributed by atoms with Crippen LogP contribution in [-0.2, 0) is 0 Å². The molecule has 0 amide bonds. The lowest BCUT2D eigenvalue weighted by Crippen LogP contribution is -2.03. The minimum Gasteiger partial charge on any atom is -0.382 e. The predicted molar refractivity (Wildman–Crippen MR) is 38.7 cm³/mol. The number of hydrogen-bond acceptors (Lipinski definition) is 5. The molecule has 0 aromatic carbocycles. The summed E-state index contributed by atoms with van der Waals surface area (Å²) in [5.41, 5.74) is 11.3. The average Bonchev–Trinajstić information content (AvgIpc) is 1.88. The predicted octanol–water partition coefficient (Wildman–Crippen LogP) is -0.321. The third kappa shape index (κ3) is 0.883. The van der Waals surface area contributed by atoms with Gasteiger partial charge in [-0.25, -0.2) is 0 Å². The van der Waals surface area contributed by atoms with Crippen molar-refractivity contribution in [1.82, 2.24) is 15.4 Å². The molecule has 0 saturated heterocycles. The number of hydrogen-bond donors (Lipinski definition) is 2. The Labute approximate surface area is 57.7 Å². The second-order valence-corrected chi connectivity index (χ2v) is 1.68. The fourth-order valence-electron chi connectivity index (χ4n) is 0.567. The first kappa shape index (κ1) is 6.47. The minimum atomic E-state index is 0.252. The van der Waals surface area contributed by atoms with Gasteiger partial charge in [-0.15, -0.1) is 10.2 Å². The lowest BCUT2D eigenvalue weighted by atomic mass is 10.3. The van der Waals surface area contributed by atoms with E-state index in [1.807, 2.05) is 0 Å². The number of rotatable bonds is 1. The van der Waals surface area contributed by atoms with Crippen molar-refractivity contribution in [2.75, 3.05) is 11.5 Å². The molecule has 0 fully saturated rings. The van der Waals surface area contributed by atoms with Gasteiger partial charge in [0.25, 0.3) is 0 Å². The first-order valence-corrected chi connectivity index (χ1v) is 2.62. The van der Waals surface area contributed by atoms with Gasteiger partial charge in [-0.3, -0.25) is 0 Å². The molecular weight excluding hydrogens is 130 g/mol. The largest absolute Gasteiger partial charge is 0.382 e. The van der Waals surface area contributed by atoms with Crippen LogP contribution >= 0.6 is 0 Å². The standard InChI is InChI=1S/C5H7N5/c1-2-3-4(6)8-10-9-5(3)7/h2H,1H2,(H4,6,7,8,9). The SMILES string of the molecule is C=Cc1c(N)nnnc1N. The molecule has 0 aliphatic carbocycles. The summed E-state index contributed by atoms with van der Waals surface area (Å²) in [5, 5.41) is 10.2. The number of nitrogen functional groups attached to an aromatic ring is 2. The molecule has 5 heteroatoms. The quantitative estimate of drug-likeness (QED) is 0.553. The van der Waals surface area contributed by atoms with E-state index in [0.29, 0.717) is 5.56 Å². The minimum absolute atomic E-state index is 0.252. The molecule has 5 nitrogen and oxygen atoms in total. The first-order chi connectivity index (χ1) is 4.75. The number of nitrogens with two attached hydrogens (primary N) is 2. The van der Waals surface area contributed by atoms with Crippen LogP contribution in [0.1, 0.15) is 5.56 Å². The monoisotopic (exact) mass is 137 g/mol. The highest BCUT2D eigenvalue weighted by atomic mass is 15.3. The zero-order valence-electron chi connectivity index (χ0n) is 5.28. The van der Waals surface area contributed by atoms with Gasteiger partial charge in [0.1, 0.15) is 0 Å². The van der Waals surface area contributed by atoms with E-state index in [0.717, 1.165) is 0 Å². The summed E-state index contributed by atoms with van der Waals surface area (Å²) in [7, 11) is 0. The maximum absolute atomic E-state index is 5.37. The molecule has 52 valence electrons. The molecule has 0 atom stereocenters. The molecule has 1 aromatic rings. The van der Waals surface area contributed by atoms with Crippen molar-refractivity contribution < 1.29 is 0 Å².